The van der Waals surface area contributed by atoms with Gasteiger partial charge in [0, 0.05) is 21.2 Å². The second-order valence-corrected chi connectivity index (χ2v) is 9.42. The summed E-state index contributed by atoms with van der Waals surface area (Å²) in [5.41, 5.74) is 4.84. The summed E-state index contributed by atoms with van der Waals surface area (Å²) in [4.78, 5) is 24.8. The highest BCUT2D eigenvalue weighted by Gasteiger charge is 2.09. The SMILES string of the molecule is CCCOc1ccc(C(=O)Oc2ccc(/C=N\NC(=O)c3ccc(OCc4ccc(Cl)cc4Cl)cc3)cc2)cc1. The van der Waals surface area contributed by atoms with Crippen LogP contribution in [0.15, 0.2) is 96.1 Å². The Morgan fingerprint density at radius 2 is 1.43 bits per heavy atom. The summed E-state index contributed by atoms with van der Waals surface area (Å²) in [6.07, 6.45) is 2.40. The molecule has 1 N–H and O–H groups in total. The average Bonchev–Trinajstić information content (AvgIpc) is 2.97. The van der Waals surface area contributed by atoms with Crippen LogP contribution in [0.25, 0.3) is 0 Å². The highest BCUT2D eigenvalue weighted by atomic mass is 35.5. The lowest BCUT2D eigenvalue weighted by Crippen LogP contribution is -2.17. The molecule has 0 atom stereocenters. The fourth-order valence-electron chi connectivity index (χ4n) is 3.43. The molecule has 40 heavy (non-hydrogen) atoms. The minimum absolute atomic E-state index is 0.269. The van der Waals surface area contributed by atoms with Gasteiger partial charge in [-0.05, 0) is 96.9 Å². The van der Waals surface area contributed by atoms with E-state index in [0.29, 0.717) is 50.6 Å². The molecule has 7 nitrogen and oxygen atoms in total. The molecule has 0 saturated carbocycles. The predicted molar refractivity (Wildman–Crippen MR) is 156 cm³/mol. The van der Waals surface area contributed by atoms with Crippen molar-refractivity contribution < 1.29 is 23.8 Å². The topological polar surface area (TPSA) is 86.2 Å². The van der Waals surface area contributed by atoms with Crippen molar-refractivity contribution in [1.82, 2.24) is 5.43 Å². The Kier molecular flexibility index (Phi) is 10.2. The van der Waals surface area contributed by atoms with E-state index < -0.39 is 5.97 Å². The van der Waals surface area contributed by atoms with E-state index in [9.17, 15) is 9.59 Å². The molecule has 0 bridgehead atoms. The Hall–Kier alpha value is -4.33. The molecule has 0 unspecified atom stereocenters. The molecule has 0 radical (unpaired) electrons. The molecule has 0 spiro atoms. The summed E-state index contributed by atoms with van der Waals surface area (Å²) in [7, 11) is 0. The molecule has 4 aromatic carbocycles. The number of nitrogens with one attached hydrogen (secondary N) is 1. The number of carbonyl (C=O) groups is 2. The smallest absolute Gasteiger partial charge is 0.343 e. The molecule has 4 aromatic rings. The lowest BCUT2D eigenvalue weighted by Gasteiger charge is -2.08. The molecule has 0 fully saturated rings. The number of hydrogen-bond donors (Lipinski definition) is 1. The van der Waals surface area contributed by atoms with E-state index in [0.717, 1.165) is 12.0 Å². The van der Waals surface area contributed by atoms with Crippen LogP contribution >= 0.6 is 23.2 Å². The second kappa shape index (κ2) is 14.2. The van der Waals surface area contributed by atoms with Gasteiger partial charge >= 0.3 is 5.97 Å². The Morgan fingerprint density at radius 1 is 0.800 bits per heavy atom. The summed E-state index contributed by atoms with van der Waals surface area (Å²) in [6, 6.07) is 25.4. The van der Waals surface area contributed by atoms with Gasteiger partial charge in [0.2, 0.25) is 0 Å². The highest BCUT2D eigenvalue weighted by Crippen LogP contribution is 2.23. The first-order valence-corrected chi connectivity index (χ1v) is 13.2. The first-order valence-electron chi connectivity index (χ1n) is 12.5. The minimum atomic E-state index is -0.471. The van der Waals surface area contributed by atoms with Crippen molar-refractivity contribution in [3.8, 4) is 17.2 Å². The zero-order valence-corrected chi connectivity index (χ0v) is 23.1. The summed E-state index contributed by atoms with van der Waals surface area (Å²) >= 11 is 12.1. The van der Waals surface area contributed by atoms with Gasteiger partial charge in [0.15, 0.2) is 0 Å². The largest absolute Gasteiger partial charge is 0.494 e. The number of ether oxygens (including phenoxy) is 3. The van der Waals surface area contributed by atoms with Gasteiger partial charge in [0.05, 0.1) is 18.4 Å². The summed E-state index contributed by atoms with van der Waals surface area (Å²) < 4.78 is 16.7. The Labute approximate surface area is 242 Å². The maximum absolute atomic E-state index is 12.4. The first kappa shape index (κ1) is 28.7. The zero-order valence-electron chi connectivity index (χ0n) is 21.6. The first-order chi connectivity index (χ1) is 19.4. The van der Waals surface area contributed by atoms with Gasteiger partial charge in [0.25, 0.3) is 5.91 Å². The van der Waals surface area contributed by atoms with Crippen LogP contribution in [0.5, 0.6) is 17.2 Å². The number of nitrogens with zero attached hydrogens (tertiary/aromatic N) is 1. The van der Waals surface area contributed by atoms with Gasteiger partial charge in [-0.2, -0.15) is 5.10 Å². The van der Waals surface area contributed by atoms with Crippen LogP contribution in [0.2, 0.25) is 10.0 Å². The van der Waals surface area contributed by atoms with Crippen molar-refractivity contribution >= 4 is 41.3 Å². The van der Waals surface area contributed by atoms with E-state index in [1.807, 2.05) is 6.92 Å². The van der Waals surface area contributed by atoms with Crippen molar-refractivity contribution in [3.05, 3.63) is 123 Å². The summed E-state index contributed by atoms with van der Waals surface area (Å²) in [5, 5.41) is 5.08. The van der Waals surface area contributed by atoms with Gasteiger partial charge < -0.3 is 14.2 Å². The fourth-order valence-corrected chi connectivity index (χ4v) is 3.89. The summed E-state index contributed by atoms with van der Waals surface area (Å²) in [5.74, 6) is 0.834. The van der Waals surface area contributed by atoms with Crippen molar-refractivity contribution in [2.24, 2.45) is 5.10 Å². The number of amides is 1. The van der Waals surface area contributed by atoms with Crippen LogP contribution in [-0.2, 0) is 6.61 Å². The molecule has 1 amide bonds. The van der Waals surface area contributed by atoms with Gasteiger partial charge in [-0.1, -0.05) is 36.2 Å². The average molecular weight is 577 g/mol. The van der Waals surface area contributed by atoms with Crippen LogP contribution in [0, 0.1) is 0 Å². The molecule has 0 heterocycles. The monoisotopic (exact) mass is 576 g/mol. The van der Waals surface area contributed by atoms with E-state index in [-0.39, 0.29) is 12.5 Å². The molecular weight excluding hydrogens is 551 g/mol. The molecule has 204 valence electrons. The minimum Gasteiger partial charge on any atom is -0.494 e. The quantitative estimate of drug-likeness (QED) is 0.0873. The van der Waals surface area contributed by atoms with Crippen LogP contribution in [0.3, 0.4) is 0 Å². The number of esters is 1. The van der Waals surface area contributed by atoms with Gasteiger partial charge in [-0.3, -0.25) is 4.79 Å². The number of rotatable bonds is 11. The maximum atomic E-state index is 12.4. The molecule has 0 saturated heterocycles. The molecule has 0 aromatic heterocycles. The van der Waals surface area contributed by atoms with Gasteiger partial charge in [-0.15, -0.1) is 0 Å². The van der Waals surface area contributed by atoms with Crippen LogP contribution < -0.4 is 19.6 Å². The number of hydrogen-bond acceptors (Lipinski definition) is 6. The zero-order chi connectivity index (χ0) is 28.3. The van der Waals surface area contributed by atoms with Gasteiger partial charge in [-0.25, -0.2) is 10.2 Å². The Morgan fingerprint density at radius 3 is 2.08 bits per heavy atom. The molecule has 0 aliphatic rings. The second-order valence-electron chi connectivity index (χ2n) is 8.58. The Bertz CT molecular complexity index is 1470. The normalized spacial score (nSPS) is 10.8. The third-order valence-corrected chi connectivity index (χ3v) is 6.15. The molecule has 4 rings (SSSR count). The van der Waals surface area contributed by atoms with Gasteiger partial charge in [0.1, 0.15) is 23.9 Å². The molecule has 0 aliphatic heterocycles. The fraction of sp³-hybridized carbons (Fsp3) is 0.129. The lowest BCUT2D eigenvalue weighted by atomic mass is 10.2. The summed E-state index contributed by atoms with van der Waals surface area (Å²) in [6.45, 7) is 2.91. The van der Waals surface area contributed by atoms with Crippen molar-refractivity contribution in [2.45, 2.75) is 20.0 Å². The van der Waals surface area contributed by atoms with Crippen molar-refractivity contribution in [2.75, 3.05) is 6.61 Å². The lowest BCUT2D eigenvalue weighted by molar-refractivity contribution is 0.0734. The van der Waals surface area contributed by atoms with Crippen molar-refractivity contribution in [1.29, 1.82) is 0 Å². The Balaban J connectivity index is 1.24. The van der Waals surface area contributed by atoms with E-state index in [1.165, 1.54) is 6.21 Å². The molecular formula is C31H26Cl2N2O5. The highest BCUT2D eigenvalue weighted by molar-refractivity contribution is 6.35. The standard InChI is InChI=1S/C31H26Cl2N2O5/c1-2-17-38-26-15-8-23(9-16-26)31(37)40-28-11-3-21(4-12-28)19-34-35-30(36)22-6-13-27(14-7-22)39-20-24-5-10-25(32)18-29(24)33/h3-16,18-19H,2,17,20H2,1H3,(H,35,36)/b34-19-. The van der Waals surface area contributed by atoms with Crippen LogP contribution in [0.4, 0.5) is 0 Å². The van der Waals surface area contributed by atoms with E-state index >= 15 is 0 Å². The third-order valence-electron chi connectivity index (χ3n) is 5.56. The van der Waals surface area contributed by atoms with E-state index in [4.69, 9.17) is 37.4 Å². The van der Waals surface area contributed by atoms with Crippen LogP contribution in [-0.4, -0.2) is 24.7 Å². The van der Waals surface area contributed by atoms with Crippen molar-refractivity contribution in [3.63, 3.8) is 0 Å². The van der Waals surface area contributed by atoms with Crippen LogP contribution in [0.1, 0.15) is 45.2 Å². The maximum Gasteiger partial charge on any atom is 0.343 e. The molecule has 0 aliphatic carbocycles. The number of hydrazone groups is 1. The number of benzene rings is 4. The third kappa shape index (κ3) is 8.33. The number of carbonyl (C=O) groups excluding carboxylic acids is 2. The van der Waals surface area contributed by atoms with E-state index in [2.05, 4.69) is 10.5 Å². The predicted octanol–water partition coefficient (Wildman–Crippen LogP) is 7.34. The van der Waals surface area contributed by atoms with E-state index in [1.54, 1.807) is 91.0 Å². The molecule has 9 heteroatoms. The number of halogens is 2.